The van der Waals surface area contributed by atoms with Crippen LogP contribution in [0.25, 0.3) is 11.4 Å². The Morgan fingerprint density at radius 1 is 1.33 bits per heavy atom. The fourth-order valence-corrected chi connectivity index (χ4v) is 1.37. The van der Waals surface area contributed by atoms with Crippen LogP contribution >= 0.6 is 0 Å². The van der Waals surface area contributed by atoms with Crippen LogP contribution in [0.1, 0.15) is 6.92 Å². The number of hydrogen-bond acceptors (Lipinski definition) is 2. The minimum atomic E-state index is -0.889. The smallest absolute Gasteiger partial charge is 0.169 e. The van der Waals surface area contributed by atoms with Gasteiger partial charge in [0.15, 0.2) is 17.5 Å². The molecule has 1 heterocycles. The van der Waals surface area contributed by atoms with Crippen LogP contribution in [-0.2, 0) is 6.54 Å². The highest BCUT2D eigenvalue weighted by Gasteiger charge is 2.14. The molecule has 2 aromatic rings. The zero-order valence-electron chi connectivity index (χ0n) is 8.11. The van der Waals surface area contributed by atoms with Crippen molar-refractivity contribution in [3.8, 4) is 11.4 Å². The maximum Gasteiger partial charge on any atom is 0.169 e. The van der Waals surface area contributed by atoms with Gasteiger partial charge in [0.25, 0.3) is 0 Å². The van der Waals surface area contributed by atoms with Crippen LogP contribution in [0.3, 0.4) is 0 Å². The molecule has 0 atom stereocenters. The second-order valence-electron chi connectivity index (χ2n) is 3.04. The van der Waals surface area contributed by atoms with E-state index in [2.05, 4.69) is 10.2 Å². The first-order valence-corrected chi connectivity index (χ1v) is 4.56. The van der Waals surface area contributed by atoms with E-state index in [4.69, 9.17) is 0 Å². The van der Waals surface area contributed by atoms with E-state index < -0.39 is 11.6 Å². The van der Waals surface area contributed by atoms with E-state index in [-0.39, 0.29) is 5.56 Å². The predicted octanol–water partition coefficient (Wildman–Crippen LogP) is 2.24. The molecule has 0 fully saturated rings. The highest BCUT2D eigenvalue weighted by Crippen LogP contribution is 2.22. The minimum Gasteiger partial charge on any atom is -0.314 e. The zero-order chi connectivity index (χ0) is 10.8. The lowest BCUT2D eigenvalue weighted by molar-refractivity contribution is 0.510. The summed E-state index contributed by atoms with van der Waals surface area (Å²) in [7, 11) is 0. The molecule has 3 nitrogen and oxygen atoms in total. The van der Waals surface area contributed by atoms with Gasteiger partial charge in [-0.25, -0.2) is 8.78 Å². The van der Waals surface area contributed by atoms with E-state index in [9.17, 15) is 8.78 Å². The van der Waals surface area contributed by atoms with Gasteiger partial charge in [-0.2, -0.15) is 0 Å². The monoisotopic (exact) mass is 209 g/mol. The van der Waals surface area contributed by atoms with E-state index in [1.165, 1.54) is 18.5 Å². The van der Waals surface area contributed by atoms with Gasteiger partial charge < -0.3 is 4.57 Å². The molecule has 0 saturated carbocycles. The molecule has 0 radical (unpaired) electrons. The summed E-state index contributed by atoms with van der Waals surface area (Å²) in [5, 5.41) is 7.43. The van der Waals surface area contributed by atoms with Crippen molar-refractivity contribution in [2.45, 2.75) is 13.5 Å². The third-order valence-electron chi connectivity index (χ3n) is 2.15. The Morgan fingerprint density at radius 2 is 2.13 bits per heavy atom. The summed E-state index contributed by atoms with van der Waals surface area (Å²) in [6.07, 6.45) is 1.49. The predicted molar refractivity (Wildman–Crippen MR) is 51.0 cm³/mol. The first-order chi connectivity index (χ1) is 7.24. The van der Waals surface area contributed by atoms with Crippen LogP contribution in [0.4, 0.5) is 8.78 Å². The van der Waals surface area contributed by atoms with Gasteiger partial charge in [0.1, 0.15) is 6.33 Å². The fraction of sp³-hybridized carbons (Fsp3) is 0.200. The average molecular weight is 209 g/mol. The number of nitrogens with zero attached hydrogens (tertiary/aromatic N) is 3. The van der Waals surface area contributed by atoms with Crippen molar-refractivity contribution >= 4 is 0 Å². The molecule has 0 bridgehead atoms. The molecule has 2 rings (SSSR count). The highest BCUT2D eigenvalue weighted by molar-refractivity contribution is 5.55. The van der Waals surface area contributed by atoms with Crippen LogP contribution in [0.2, 0.25) is 0 Å². The molecule has 1 aromatic heterocycles. The number of hydrogen-bond donors (Lipinski definition) is 0. The van der Waals surface area contributed by atoms with Crippen molar-refractivity contribution in [3.05, 3.63) is 36.2 Å². The van der Waals surface area contributed by atoms with Crippen molar-refractivity contribution in [1.82, 2.24) is 14.8 Å². The topological polar surface area (TPSA) is 30.7 Å². The SMILES string of the molecule is CCn1cnnc1-c1cccc(F)c1F. The first-order valence-electron chi connectivity index (χ1n) is 4.56. The van der Waals surface area contributed by atoms with E-state index in [1.54, 1.807) is 4.57 Å². The van der Waals surface area contributed by atoms with Crippen LogP contribution in [0.15, 0.2) is 24.5 Å². The number of halogens is 2. The molecule has 0 saturated heterocycles. The molecule has 0 aliphatic rings. The maximum absolute atomic E-state index is 13.4. The minimum absolute atomic E-state index is 0.134. The quantitative estimate of drug-likeness (QED) is 0.759. The maximum atomic E-state index is 13.4. The number of benzene rings is 1. The molecule has 15 heavy (non-hydrogen) atoms. The van der Waals surface area contributed by atoms with Crippen LogP contribution in [-0.4, -0.2) is 14.8 Å². The average Bonchev–Trinajstić information content (AvgIpc) is 2.70. The lowest BCUT2D eigenvalue weighted by Crippen LogP contribution is -1.99. The van der Waals surface area contributed by atoms with E-state index in [0.29, 0.717) is 12.4 Å². The van der Waals surface area contributed by atoms with Crippen LogP contribution in [0.5, 0.6) is 0 Å². The standard InChI is InChI=1S/C10H9F2N3/c1-2-15-6-13-14-10(15)7-4-3-5-8(11)9(7)12/h3-6H,2H2,1H3. The van der Waals surface area contributed by atoms with E-state index in [0.717, 1.165) is 6.07 Å². The molecule has 0 aliphatic carbocycles. The van der Waals surface area contributed by atoms with Gasteiger partial charge in [-0.15, -0.1) is 10.2 Å². The largest absolute Gasteiger partial charge is 0.314 e. The second kappa shape index (κ2) is 3.76. The van der Waals surface area contributed by atoms with E-state index >= 15 is 0 Å². The first kappa shape index (κ1) is 9.76. The summed E-state index contributed by atoms with van der Waals surface area (Å²) in [4.78, 5) is 0. The molecule has 78 valence electrons. The number of rotatable bonds is 2. The fourth-order valence-electron chi connectivity index (χ4n) is 1.37. The Hall–Kier alpha value is -1.78. The molecule has 0 unspecified atom stereocenters. The molecular weight excluding hydrogens is 200 g/mol. The Morgan fingerprint density at radius 3 is 2.87 bits per heavy atom. The highest BCUT2D eigenvalue weighted by atomic mass is 19.2. The van der Waals surface area contributed by atoms with Gasteiger partial charge in [0, 0.05) is 6.54 Å². The Bertz CT molecular complexity index is 479. The Balaban J connectivity index is 2.59. The van der Waals surface area contributed by atoms with Gasteiger partial charge in [0.05, 0.1) is 5.56 Å². The van der Waals surface area contributed by atoms with Gasteiger partial charge >= 0.3 is 0 Å². The summed E-state index contributed by atoms with van der Waals surface area (Å²) in [6, 6.07) is 4.00. The summed E-state index contributed by atoms with van der Waals surface area (Å²) >= 11 is 0. The summed E-state index contributed by atoms with van der Waals surface area (Å²) in [6.45, 7) is 2.49. The normalized spacial score (nSPS) is 10.6. The lowest BCUT2D eigenvalue weighted by Gasteiger charge is -2.04. The van der Waals surface area contributed by atoms with E-state index in [1.807, 2.05) is 6.92 Å². The molecule has 0 N–H and O–H groups in total. The number of aryl methyl sites for hydroxylation is 1. The van der Waals surface area contributed by atoms with Crippen molar-refractivity contribution in [2.75, 3.05) is 0 Å². The Kier molecular flexibility index (Phi) is 2.45. The molecular formula is C10H9F2N3. The molecule has 0 aliphatic heterocycles. The van der Waals surface area contributed by atoms with Crippen molar-refractivity contribution < 1.29 is 8.78 Å². The lowest BCUT2D eigenvalue weighted by atomic mass is 10.2. The van der Waals surface area contributed by atoms with Crippen LogP contribution < -0.4 is 0 Å². The van der Waals surface area contributed by atoms with Gasteiger partial charge in [-0.3, -0.25) is 0 Å². The zero-order valence-corrected chi connectivity index (χ0v) is 8.11. The summed E-state index contributed by atoms with van der Waals surface area (Å²) < 4.78 is 28.1. The van der Waals surface area contributed by atoms with Gasteiger partial charge in [-0.05, 0) is 19.1 Å². The molecule has 1 aromatic carbocycles. The van der Waals surface area contributed by atoms with Crippen molar-refractivity contribution in [2.24, 2.45) is 0 Å². The summed E-state index contributed by atoms with van der Waals surface area (Å²) in [5.74, 6) is -1.42. The van der Waals surface area contributed by atoms with Crippen LogP contribution in [0, 0.1) is 11.6 Å². The third-order valence-corrected chi connectivity index (χ3v) is 2.15. The van der Waals surface area contributed by atoms with Crippen molar-refractivity contribution in [1.29, 1.82) is 0 Å². The van der Waals surface area contributed by atoms with Gasteiger partial charge in [0.2, 0.25) is 0 Å². The third kappa shape index (κ3) is 1.60. The molecule has 0 amide bonds. The molecule has 0 spiro atoms. The second-order valence-corrected chi connectivity index (χ2v) is 3.04. The molecule has 5 heteroatoms. The van der Waals surface area contributed by atoms with Gasteiger partial charge in [-0.1, -0.05) is 6.07 Å². The van der Waals surface area contributed by atoms with Crippen molar-refractivity contribution in [3.63, 3.8) is 0 Å². The Labute approximate surface area is 85.4 Å². The number of aromatic nitrogens is 3. The summed E-state index contributed by atoms with van der Waals surface area (Å²) in [5.41, 5.74) is 0.134.